The van der Waals surface area contributed by atoms with Gasteiger partial charge >= 0.3 is 5.97 Å². The minimum atomic E-state index is -0.246. The summed E-state index contributed by atoms with van der Waals surface area (Å²) < 4.78 is 6.63. The molecule has 3 nitrogen and oxygen atoms in total. The number of rotatable bonds is 2. The van der Waals surface area contributed by atoms with Crippen LogP contribution in [-0.4, -0.2) is 17.6 Å². The van der Waals surface area contributed by atoms with Crippen molar-refractivity contribution in [2.45, 2.75) is 38.0 Å². The molecule has 16 heavy (non-hydrogen) atoms. The number of nitrogens with zero attached hydrogens (tertiary/aromatic N) is 1. The van der Waals surface area contributed by atoms with Gasteiger partial charge in [-0.05, 0) is 30.4 Å². The molecular formula is C13H19NO2. The molecule has 0 amide bonds. The van der Waals surface area contributed by atoms with Crippen LogP contribution in [0, 0.1) is 0 Å². The first-order chi connectivity index (χ1) is 7.72. The minimum Gasteiger partial charge on any atom is -0.464 e. The fourth-order valence-corrected chi connectivity index (χ4v) is 2.56. The maximum absolute atomic E-state index is 11.5. The summed E-state index contributed by atoms with van der Waals surface area (Å²) in [5.41, 5.74) is 1.95. The summed E-state index contributed by atoms with van der Waals surface area (Å²) in [5, 5.41) is 0. The largest absolute Gasteiger partial charge is 0.464 e. The van der Waals surface area contributed by atoms with Crippen LogP contribution in [0.1, 0.15) is 54.1 Å². The topological polar surface area (TPSA) is 31.2 Å². The van der Waals surface area contributed by atoms with E-state index in [2.05, 4.69) is 6.20 Å². The van der Waals surface area contributed by atoms with Gasteiger partial charge in [-0.1, -0.05) is 19.3 Å². The number of hydrogen-bond acceptors (Lipinski definition) is 2. The lowest BCUT2D eigenvalue weighted by molar-refractivity contribution is 0.0590. The zero-order valence-corrected chi connectivity index (χ0v) is 10.0. The highest BCUT2D eigenvalue weighted by molar-refractivity contribution is 5.87. The van der Waals surface area contributed by atoms with E-state index >= 15 is 0 Å². The molecule has 0 unspecified atom stereocenters. The molecule has 1 saturated carbocycles. The van der Waals surface area contributed by atoms with Crippen molar-refractivity contribution < 1.29 is 9.53 Å². The number of ether oxygens (including phenoxy) is 1. The van der Waals surface area contributed by atoms with Crippen molar-refractivity contribution in [3.8, 4) is 0 Å². The second kappa shape index (κ2) is 4.73. The van der Waals surface area contributed by atoms with Gasteiger partial charge < -0.3 is 9.30 Å². The first-order valence-corrected chi connectivity index (χ1v) is 5.97. The number of methoxy groups -OCH3 is 1. The number of hydrogen-bond donors (Lipinski definition) is 0. The Hall–Kier alpha value is -1.25. The van der Waals surface area contributed by atoms with Crippen LogP contribution in [0.5, 0.6) is 0 Å². The SMILES string of the molecule is COC(=O)c1cc(C2CCCCC2)cn1C. The van der Waals surface area contributed by atoms with E-state index in [-0.39, 0.29) is 5.97 Å². The van der Waals surface area contributed by atoms with E-state index in [1.165, 1.54) is 44.8 Å². The number of carbonyl (C=O) groups is 1. The number of esters is 1. The lowest BCUT2D eigenvalue weighted by Gasteiger charge is -2.20. The predicted molar refractivity (Wildman–Crippen MR) is 62.6 cm³/mol. The van der Waals surface area contributed by atoms with E-state index in [9.17, 15) is 4.79 Å². The Morgan fingerprint density at radius 3 is 2.69 bits per heavy atom. The molecule has 0 bridgehead atoms. The summed E-state index contributed by atoms with van der Waals surface area (Å²) in [5.74, 6) is 0.392. The molecule has 0 saturated heterocycles. The van der Waals surface area contributed by atoms with Crippen molar-refractivity contribution in [2.75, 3.05) is 7.11 Å². The highest BCUT2D eigenvalue weighted by Crippen LogP contribution is 2.33. The molecule has 0 atom stereocenters. The van der Waals surface area contributed by atoms with Crippen molar-refractivity contribution in [1.82, 2.24) is 4.57 Å². The van der Waals surface area contributed by atoms with Crippen molar-refractivity contribution in [3.63, 3.8) is 0 Å². The fourth-order valence-electron chi connectivity index (χ4n) is 2.56. The van der Waals surface area contributed by atoms with Crippen LogP contribution in [0.15, 0.2) is 12.3 Å². The average molecular weight is 221 g/mol. The molecule has 0 spiro atoms. The van der Waals surface area contributed by atoms with Gasteiger partial charge in [0, 0.05) is 13.2 Å². The van der Waals surface area contributed by atoms with E-state index in [4.69, 9.17) is 4.74 Å². The molecule has 1 heterocycles. The van der Waals surface area contributed by atoms with Gasteiger partial charge in [0.1, 0.15) is 5.69 Å². The summed E-state index contributed by atoms with van der Waals surface area (Å²) in [6, 6.07) is 1.99. The third-order valence-electron chi connectivity index (χ3n) is 3.50. The summed E-state index contributed by atoms with van der Waals surface area (Å²) in [4.78, 5) is 11.5. The summed E-state index contributed by atoms with van der Waals surface area (Å²) in [6.45, 7) is 0. The lowest BCUT2D eigenvalue weighted by atomic mass is 9.85. The van der Waals surface area contributed by atoms with E-state index in [1.807, 2.05) is 17.7 Å². The van der Waals surface area contributed by atoms with Crippen LogP contribution in [0.2, 0.25) is 0 Å². The summed E-state index contributed by atoms with van der Waals surface area (Å²) in [6.07, 6.45) is 8.56. The lowest BCUT2D eigenvalue weighted by Crippen LogP contribution is -2.06. The fraction of sp³-hybridized carbons (Fsp3) is 0.615. The highest BCUT2D eigenvalue weighted by Gasteiger charge is 2.19. The third-order valence-corrected chi connectivity index (χ3v) is 3.50. The molecule has 1 aromatic rings. The van der Waals surface area contributed by atoms with Gasteiger partial charge in [-0.15, -0.1) is 0 Å². The maximum Gasteiger partial charge on any atom is 0.354 e. The monoisotopic (exact) mass is 221 g/mol. The first-order valence-electron chi connectivity index (χ1n) is 5.97. The van der Waals surface area contributed by atoms with E-state index in [0.717, 1.165) is 0 Å². The molecule has 1 aromatic heterocycles. The maximum atomic E-state index is 11.5. The Labute approximate surface area is 96.4 Å². The van der Waals surface area contributed by atoms with Crippen molar-refractivity contribution in [2.24, 2.45) is 7.05 Å². The van der Waals surface area contributed by atoms with Gasteiger partial charge in [0.2, 0.25) is 0 Å². The zero-order valence-electron chi connectivity index (χ0n) is 10.0. The van der Waals surface area contributed by atoms with Gasteiger partial charge in [-0.3, -0.25) is 0 Å². The second-order valence-corrected chi connectivity index (χ2v) is 4.60. The standard InChI is InChI=1S/C13H19NO2/c1-14-9-11(8-12(14)13(15)16-2)10-6-4-3-5-7-10/h8-10H,3-7H2,1-2H3. The molecule has 0 N–H and O–H groups in total. The molecule has 2 rings (SSSR count). The van der Waals surface area contributed by atoms with Gasteiger partial charge in [-0.25, -0.2) is 4.79 Å². The first kappa shape index (κ1) is 11.2. The van der Waals surface area contributed by atoms with E-state index in [1.54, 1.807) is 0 Å². The molecule has 1 aliphatic rings. The Balaban J connectivity index is 2.19. The van der Waals surface area contributed by atoms with Crippen molar-refractivity contribution in [1.29, 1.82) is 0 Å². The quantitative estimate of drug-likeness (QED) is 0.719. The van der Waals surface area contributed by atoms with Gasteiger partial charge in [0.25, 0.3) is 0 Å². The van der Waals surface area contributed by atoms with Crippen LogP contribution < -0.4 is 0 Å². The van der Waals surface area contributed by atoms with E-state index in [0.29, 0.717) is 11.6 Å². The summed E-state index contributed by atoms with van der Waals surface area (Å²) in [7, 11) is 3.33. The van der Waals surface area contributed by atoms with Gasteiger partial charge in [0.05, 0.1) is 7.11 Å². The van der Waals surface area contributed by atoms with Crippen LogP contribution in [0.25, 0.3) is 0 Å². The number of aryl methyl sites for hydroxylation is 1. The van der Waals surface area contributed by atoms with E-state index < -0.39 is 0 Å². The summed E-state index contributed by atoms with van der Waals surface area (Å²) >= 11 is 0. The molecule has 3 heteroatoms. The molecule has 1 aliphatic carbocycles. The zero-order chi connectivity index (χ0) is 11.5. The third kappa shape index (κ3) is 2.13. The molecule has 0 aliphatic heterocycles. The van der Waals surface area contributed by atoms with Crippen LogP contribution in [-0.2, 0) is 11.8 Å². The van der Waals surface area contributed by atoms with Gasteiger partial charge in [0.15, 0.2) is 0 Å². The number of carbonyl (C=O) groups excluding carboxylic acids is 1. The average Bonchev–Trinajstić information content (AvgIpc) is 2.71. The number of aromatic nitrogens is 1. The highest BCUT2D eigenvalue weighted by atomic mass is 16.5. The normalized spacial score (nSPS) is 17.4. The van der Waals surface area contributed by atoms with Crippen molar-refractivity contribution >= 4 is 5.97 Å². The predicted octanol–water partition coefficient (Wildman–Crippen LogP) is 2.86. The van der Waals surface area contributed by atoms with Crippen molar-refractivity contribution in [3.05, 3.63) is 23.5 Å². The van der Waals surface area contributed by atoms with Crippen LogP contribution in [0.4, 0.5) is 0 Å². The Morgan fingerprint density at radius 2 is 2.06 bits per heavy atom. The smallest absolute Gasteiger partial charge is 0.354 e. The Bertz CT molecular complexity index is 375. The molecular weight excluding hydrogens is 202 g/mol. The molecule has 88 valence electrons. The molecule has 0 aromatic carbocycles. The molecule has 0 radical (unpaired) electrons. The minimum absolute atomic E-state index is 0.246. The second-order valence-electron chi connectivity index (χ2n) is 4.60. The Morgan fingerprint density at radius 1 is 1.38 bits per heavy atom. The van der Waals surface area contributed by atoms with Crippen LogP contribution >= 0.6 is 0 Å². The Kier molecular flexibility index (Phi) is 3.32. The van der Waals surface area contributed by atoms with Crippen LogP contribution in [0.3, 0.4) is 0 Å². The molecule has 1 fully saturated rings. The van der Waals surface area contributed by atoms with Gasteiger partial charge in [-0.2, -0.15) is 0 Å².